The van der Waals surface area contributed by atoms with Gasteiger partial charge < -0.3 is 4.57 Å². The van der Waals surface area contributed by atoms with E-state index in [0.29, 0.717) is 15.6 Å². The van der Waals surface area contributed by atoms with Gasteiger partial charge in [0.25, 0.3) is 0 Å². The highest BCUT2D eigenvalue weighted by Gasteiger charge is 2.16. The number of carbonyl (C=O) groups is 1. The predicted molar refractivity (Wildman–Crippen MR) is 92.3 cm³/mol. The molecule has 112 valence electrons. The Morgan fingerprint density at radius 3 is 2.73 bits per heavy atom. The third-order valence-electron chi connectivity index (χ3n) is 3.34. The molecule has 2 aromatic carbocycles. The fourth-order valence-electron chi connectivity index (χ4n) is 2.31. The SMILES string of the molecule is CSc1nc2ccccc2n1CC(=O)c1ccc(Cl)cc1Cl. The number of aromatic nitrogens is 2. The van der Waals surface area contributed by atoms with Gasteiger partial charge in [0.05, 0.1) is 22.6 Å². The van der Waals surface area contributed by atoms with Crippen molar-refractivity contribution in [1.82, 2.24) is 9.55 Å². The molecular formula is C16H12Cl2N2OS. The van der Waals surface area contributed by atoms with Crippen LogP contribution in [0.5, 0.6) is 0 Å². The van der Waals surface area contributed by atoms with E-state index in [-0.39, 0.29) is 12.3 Å². The molecule has 0 saturated carbocycles. The van der Waals surface area contributed by atoms with Crippen LogP contribution in [0.25, 0.3) is 11.0 Å². The van der Waals surface area contributed by atoms with E-state index >= 15 is 0 Å². The van der Waals surface area contributed by atoms with Crippen molar-refractivity contribution in [1.29, 1.82) is 0 Å². The van der Waals surface area contributed by atoms with Gasteiger partial charge in [-0.25, -0.2) is 4.98 Å². The number of halogens is 2. The first-order valence-corrected chi connectivity index (χ1v) is 8.55. The summed E-state index contributed by atoms with van der Waals surface area (Å²) in [6.45, 7) is 0.192. The molecule has 22 heavy (non-hydrogen) atoms. The van der Waals surface area contributed by atoms with Crippen molar-refractivity contribution in [2.75, 3.05) is 6.26 Å². The van der Waals surface area contributed by atoms with Crippen molar-refractivity contribution in [2.45, 2.75) is 11.7 Å². The van der Waals surface area contributed by atoms with Crippen LogP contribution in [0.3, 0.4) is 0 Å². The van der Waals surface area contributed by atoms with Gasteiger partial charge in [-0.2, -0.15) is 0 Å². The van der Waals surface area contributed by atoms with Gasteiger partial charge >= 0.3 is 0 Å². The van der Waals surface area contributed by atoms with Crippen molar-refractivity contribution in [3.05, 3.63) is 58.1 Å². The van der Waals surface area contributed by atoms with Crippen LogP contribution >= 0.6 is 35.0 Å². The smallest absolute Gasteiger partial charge is 0.184 e. The second-order valence-corrected chi connectivity index (χ2v) is 6.34. The normalized spacial score (nSPS) is 11.0. The molecule has 0 N–H and O–H groups in total. The molecule has 0 fully saturated rings. The second-order valence-electron chi connectivity index (χ2n) is 4.72. The minimum absolute atomic E-state index is 0.0693. The van der Waals surface area contributed by atoms with E-state index in [4.69, 9.17) is 23.2 Å². The van der Waals surface area contributed by atoms with Crippen LogP contribution < -0.4 is 0 Å². The maximum Gasteiger partial charge on any atom is 0.184 e. The zero-order valence-corrected chi connectivity index (χ0v) is 14.0. The zero-order valence-electron chi connectivity index (χ0n) is 11.7. The summed E-state index contributed by atoms with van der Waals surface area (Å²) in [5, 5.41) is 1.69. The molecule has 1 heterocycles. The van der Waals surface area contributed by atoms with E-state index in [9.17, 15) is 4.79 Å². The monoisotopic (exact) mass is 350 g/mol. The number of hydrogen-bond donors (Lipinski definition) is 0. The average molecular weight is 351 g/mol. The van der Waals surface area contributed by atoms with E-state index < -0.39 is 0 Å². The van der Waals surface area contributed by atoms with Gasteiger partial charge in [0, 0.05) is 10.6 Å². The lowest BCUT2D eigenvalue weighted by Gasteiger charge is -2.08. The number of Topliss-reactive ketones (excluding diaryl/α,β-unsaturated/α-hetero) is 1. The van der Waals surface area contributed by atoms with Gasteiger partial charge in [0.1, 0.15) is 0 Å². The summed E-state index contributed by atoms with van der Waals surface area (Å²) < 4.78 is 1.91. The van der Waals surface area contributed by atoms with Crippen LogP contribution in [0, 0.1) is 0 Å². The third-order valence-corrected chi connectivity index (χ3v) is 4.56. The first-order chi connectivity index (χ1) is 10.6. The second kappa shape index (κ2) is 6.32. The van der Waals surface area contributed by atoms with Gasteiger partial charge in [-0.3, -0.25) is 4.79 Å². The molecule has 3 rings (SSSR count). The van der Waals surface area contributed by atoms with Crippen LogP contribution in [-0.4, -0.2) is 21.6 Å². The Labute approximate surface area is 142 Å². The minimum Gasteiger partial charge on any atom is -0.311 e. The topological polar surface area (TPSA) is 34.9 Å². The predicted octanol–water partition coefficient (Wildman–Crippen LogP) is 4.95. The fraction of sp³-hybridized carbons (Fsp3) is 0.125. The highest BCUT2D eigenvalue weighted by Crippen LogP contribution is 2.25. The minimum atomic E-state index is -0.0693. The molecule has 0 bridgehead atoms. The van der Waals surface area contributed by atoms with Crippen molar-refractivity contribution < 1.29 is 4.79 Å². The standard InChI is InChI=1S/C16H12Cl2N2OS/c1-22-16-19-13-4-2-3-5-14(13)20(16)9-15(21)11-7-6-10(17)8-12(11)18/h2-8H,9H2,1H3. The number of para-hydroxylation sites is 2. The van der Waals surface area contributed by atoms with Gasteiger partial charge in [-0.1, -0.05) is 47.1 Å². The van der Waals surface area contributed by atoms with Crippen LogP contribution in [-0.2, 0) is 6.54 Å². The molecular weight excluding hydrogens is 339 g/mol. The van der Waals surface area contributed by atoms with Crippen molar-refractivity contribution >= 4 is 51.8 Å². The van der Waals surface area contributed by atoms with E-state index in [1.54, 1.807) is 18.2 Å². The van der Waals surface area contributed by atoms with Crippen molar-refractivity contribution in [3.8, 4) is 0 Å². The van der Waals surface area contributed by atoms with E-state index in [2.05, 4.69) is 4.98 Å². The van der Waals surface area contributed by atoms with Crippen molar-refractivity contribution in [2.24, 2.45) is 0 Å². The highest BCUT2D eigenvalue weighted by atomic mass is 35.5. The van der Waals surface area contributed by atoms with E-state index in [1.807, 2.05) is 35.1 Å². The quantitative estimate of drug-likeness (QED) is 0.493. The fourth-order valence-corrected chi connectivity index (χ4v) is 3.39. The number of benzene rings is 2. The highest BCUT2D eigenvalue weighted by molar-refractivity contribution is 7.98. The lowest BCUT2D eigenvalue weighted by molar-refractivity contribution is 0.0970. The van der Waals surface area contributed by atoms with Crippen LogP contribution in [0.1, 0.15) is 10.4 Å². The zero-order chi connectivity index (χ0) is 15.7. The summed E-state index contributed by atoms with van der Waals surface area (Å²) >= 11 is 13.5. The molecule has 3 nitrogen and oxygen atoms in total. The number of ketones is 1. The van der Waals surface area contributed by atoms with Gasteiger partial charge in [-0.15, -0.1) is 0 Å². The number of nitrogens with zero attached hydrogens (tertiary/aromatic N) is 2. The molecule has 0 saturated heterocycles. The van der Waals surface area contributed by atoms with Crippen molar-refractivity contribution in [3.63, 3.8) is 0 Å². The lowest BCUT2D eigenvalue weighted by Crippen LogP contribution is -2.11. The first kappa shape index (κ1) is 15.4. The Bertz CT molecular complexity index is 860. The third kappa shape index (κ3) is 2.86. The number of imidazole rings is 1. The average Bonchev–Trinajstić information content (AvgIpc) is 2.85. The molecule has 0 amide bonds. The number of thioether (sulfide) groups is 1. The summed E-state index contributed by atoms with van der Waals surface area (Å²) in [4.78, 5) is 17.1. The Morgan fingerprint density at radius 2 is 2.00 bits per heavy atom. The Kier molecular flexibility index (Phi) is 4.43. The largest absolute Gasteiger partial charge is 0.311 e. The lowest BCUT2D eigenvalue weighted by atomic mass is 10.1. The summed E-state index contributed by atoms with van der Waals surface area (Å²) in [5.74, 6) is -0.0693. The van der Waals surface area contributed by atoms with E-state index in [1.165, 1.54) is 11.8 Å². The van der Waals surface area contributed by atoms with Crippen LogP contribution in [0.2, 0.25) is 10.0 Å². The Morgan fingerprint density at radius 1 is 1.23 bits per heavy atom. The summed E-state index contributed by atoms with van der Waals surface area (Å²) in [7, 11) is 0. The molecule has 0 radical (unpaired) electrons. The molecule has 0 aliphatic carbocycles. The summed E-state index contributed by atoms with van der Waals surface area (Å²) in [6, 6.07) is 12.7. The van der Waals surface area contributed by atoms with E-state index in [0.717, 1.165) is 16.2 Å². The maximum atomic E-state index is 12.6. The maximum absolute atomic E-state index is 12.6. The summed E-state index contributed by atoms with van der Waals surface area (Å²) in [6.07, 6.45) is 1.94. The Balaban J connectivity index is 2.00. The number of hydrogen-bond acceptors (Lipinski definition) is 3. The number of rotatable bonds is 4. The first-order valence-electron chi connectivity index (χ1n) is 6.57. The molecule has 0 atom stereocenters. The van der Waals surface area contributed by atoms with Crippen LogP contribution in [0.4, 0.5) is 0 Å². The summed E-state index contributed by atoms with van der Waals surface area (Å²) in [5.41, 5.74) is 2.28. The number of carbonyl (C=O) groups excluding carboxylic acids is 1. The number of fused-ring (bicyclic) bond motifs is 1. The van der Waals surface area contributed by atoms with Gasteiger partial charge in [0.2, 0.25) is 0 Å². The molecule has 3 aromatic rings. The van der Waals surface area contributed by atoms with Gasteiger partial charge in [-0.05, 0) is 36.6 Å². The van der Waals surface area contributed by atoms with Crippen LogP contribution in [0.15, 0.2) is 47.6 Å². The molecule has 0 aliphatic rings. The molecule has 0 unspecified atom stereocenters. The Hall–Kier alpha value is -1.49. The molecule has 6 heteroatoms. The van der Waals surface area contributed by atoms with Gasteiger partial charge in [0.15, 0.2) is 10.9 Å². The molecule has 0 aliphatic heterocycles. The molecule has 1 aromatic heterocycles. The molecule has 0 spiro atoms.